The highest BCUT2D eigenvalue weighted by Gasteiger charge is 2.27. The van der Waals surface area contributed by atoms with E-state index in [9.17, 15) is 30.0 Å². The van der Waals surface area contributed by atoms with Crippen LogP contribution in [0.25, 0.3) is 0 Å². The Morgan fingerprint density at radius 3 is 1.94 bits per heavy atom. The Kier molecular flexibility index (Phi) is 8.45. The Hall–Kier alpha value is -2.52. The van der Waals surface area contributed by atoms with Crippen LogP contribution in [0.3, 0.4) is 0 Å². The van der Waals surface area contributed by atoms with Crippen molar-refractivity contribution < 1.29 is 34.8 Å². The number of morpholine rings is 1. The number of ether oxygens (including phenoxy) is 1. The minimum atomic E-state index is -3.87. The van der Waals surface area contributed by atoms with Gasteiger partial charge in [0, 0.05) is 19.3 Å². The molecule has 1 aliphatic rings. The number of nitrogens with one attached hydrogen (secondary N) is 1. The molecular weight excluding hydrogens is 530 g/mol. The number of benzene rings is 2. The minimum absolute atomic E-state index is 0.0113. The van der Waals surface area contributed by atoms with Gasteiger partial charge in [0.15, 0.2) is 9.84 Å². The number of sulfonamides is 2. The van der Waals surface area contributed by atoms with Crippen LogP contribution in [0.5, 0.6) is 0 Å². The highest BCUT2D eigenvalue weighted by molar-refractivity contribution is 7.92. The molecule has 3 rings (SSSR count). The van der Waals surface area contributed by atoms with Crippen molar-refractivity contribution in [2.75, 3.05) is 49.7 Å². The highest BCUT2D eigenvalue weighted by Crippen LogP contribution is 2.23. The molecule has 0 spiro atoms. The van der Waals surface area contributed by atoms with Crippen LogP contribution < -0.4 is 9.62 Å². The van der Waals surface area contributed by atoms with Crippen LogP contribution in [0.4, 0.5) is 5.69 Å². The summed E-state index contributed by atoms with van der Waals surface area (Å²) in [4.78, 5) is 12.8. The smallest absolute Gasteiger partial charge is 0.243 e. The average molecular weight is 560 g/mol. The molecule has 0 saturated carbocycles. The van der Waals surface area contributed by atoms with Crippen molar-refractivity contribution >= 4 is 41.5 Å². The second-order valence-electron chi connectivity index (χ2n) is 8.41. The summed E-state index contributed by atoms with van der Waals surface area (Å²) in [5.41, 5.74) is 0.776. The van der Waals surface area contributed by atoms with Gasteiger partial charge < -0.3 is 10.1 Å². The molecule has 1 atom stereocenters. The maximum atomic E-state index is 12.8. The average Bonchev–Trinajstić information content (AvgIpc) is 2.82. The lowest BCUT2D eigenvalue weighted by Crippen LogP contribution is -2.41. The fourth-order valence-corrected chi connectivity index (χ4v) is 6.52. The Bertz CT molecular complexity index is 1400. The Labute approximate surface area is 212 Å². The molecule has 1 amide bonds. The summed E-state index contributed by atoms with van der Waals surface area (Å²) in [7, 11) is -11.0. The Morgan fingerprint density at radius 1 is 0.917 bits per heavy atom. The lowest BCUT2D eigenvalue weighted by atomic mass is 10.1. The van der Waals surface area contributed by atoms with Gasteiger partial charge in [0.25, 0.3) is 0 Å². The van der Waals surface area contributed by atoms with Crippen LogP contribution in [-0.4, -0.2) is 80.8 Å². The van der Waals surface area contributed by atoms with Gasteiger partial charge in [-0.1, -0.05) is 12.1 Å². The van der Waals surface area contributed by atoms with Crippen molar-refractivity contribution in [2.24, 2.45) is 0 Å². The third-order valence-corrected chi connectivity index (χ3v) is 9.79. The van der Waals surface area contributed by atoms with Crippen LogP contribution in [-0.2, 0) is 39.4 Å². The van der Waals surface area contributed by atoms with E-state index in [-0.39, 0.29) is 28.6 Å². The molecule has 1 aliphatic heterocycles. The molecule has 2 aromatic carbocycles. The van der Waals surface area contributed by atoms with Gasteiger partial charge in [-0.25, -0.2) is 25.3 Å². The molecule has 1 unspecified atom stereocenters. The van der Waals surface area contributed by atoms with E-state index < -0.39 is 48.4 Å². The second-order valence-corrected chi connectivity index (χ2v) is 14.3. The van der Waals surface area contributed by atoms with E-state index >= 15 is 0 Å². The predicted molar refractivity (Wildman–Crippen MR) is 134 cm³/mol. The van der Waals surface area contributed by atoms with E-state index in [0.717, 1.165) is 16.8 Å². The quantitative estimate of drug-likeness (QED) is 0.474. The van der Waals surface area contributed by atoms with Gasteiger partial charge >= 0.3 is 0 Å². The molecule has 1 heterocycles. The summed E-state index contributed by atoms with van der Waals surface area (Å²) in [6.45, 7) is 2.22. The monoisotopic (exact) mass is 559 g/mol. The molecule has 14 heteroatoms. The van der Waals surface area contributed by atoms with Gasteiger partial charge in [0.05, 0.1) is 41.0 Å². The van der Waals surface area contributed by atoms with Crippen LogP contribution >= 0.6 is 0 Å². The van der Waals surface area contributed by atoms with E-state index in [2.05, 4.69) is 5.32 Å². The third kappa shape index (κ3) is 6.82. The van der Waals surface area contributed by atoms with Gasteiger partial charge in [-0.15, -0.1) is 0 Å². The lowest BCUT2D eigenvalue weighted by molar-refractivity contribution is -0.120. The summed E-state index contributed by atoms with van der Waals surface area (Å²) in [6.07, 6.45) is 2.05. The lowest BCUT2D eigenvalue weighted by Gasteiger charge is -2.26. The summed E-state index contributed by atoms with van der Waals surface area (Å²) in [6, 6.07) is 10.8. The maximum absolute atomic E-state index is 12.8. The zero-order chi connectivity index (χ0) is 26.7. The van der Waals surface area contributed by atoms with E-state index in [1.165, 1.54) is 40.7 Å². The van der Waals surface area contributed by atoms with Gasteiger partial charge in [-0.2, -0.15) is 4.31 Å². The maximum Gasteiger partial charge on any atom is 0.243 e. The van der Waals surface area contributed by atoms with E-state index in [1.54, 1.807) is 19.1 Å². The zero-order valence-corrected chi connectivity index (χ0v) is 22.6. The number of hydrogen-bond donors (Lipinski definition) is 1. The first-order chi connectivity index (χ1) is 16.7. The SMILES string of the molecule is CC(NC(=O)CN(c1ccc(S(=O)(=O)N2CCOCC2)cc1)S(C)(=O)=O)c1ccc(S(C)(=O)=O)cc1. The molecule has 2 aromatic rings. The number of carbonyl (C=O) groups is 1. The first kappa shape index (κ1) is 28.1. The topological polar surface area (TPSA) is 147 Å². The first-order valence-corrected chi connectivity index (χ1v) is 16.1. The fraction of sp³-hybridized carbons (Fsp3) is 0.409. The second kappa shape index (κ2) is 10.8. The first-order valence-electron chi connectivity index (χ1n) is 10.9. The molecule has 0 aliphatic carbocycles. The Balaban J connectivity index is 1.73. The van der Waals surface area contributed by atoms with Crippen LogP contribution in [0.2, 0.25) is 0 Å². The summed E-state index contributed by atoms with van der Waals surface area (Å²) in [5, 5.41) is 2.70. The number of sulfone groups is 1. The van der Waals surface area contributed by atoms with Crippen molar-refractivity contribution in [1.82, 2.24) is 9.62 Å². The fourth-order valence-electron chi connectivity index (χ4n) is 3.63. The molecule has 1 N–H and O–H groups in total. The predicted octanol–water partition coefficient (Wildman–Crippen LogP) is 0.754. The zero-order valence-electron chi connectivity index (χ0n) is 20.1. The normalized spacial score (nSPS) is 16.3. The number of anilines is 1. The van der Waals surface area contributed by atoms with Crippen LogP contribution in [0, 0.1) is 0 Å². The summed E-state index contributed by atoms with van der Waals surface area (Å²) < 4.78 is 81.1. The van der Waals surface area contributed by atoms with Gasteiger partial charge in [-0.05, 0) is 48.9 Å². The minimum Gasteiger partial charge on any atom is -0.379 e. The molecule has 1 saturated heterocycles. The van der Waals surface area contributed by atoms with Gasteiger partial charge in [-0.3, -0.25) is 9.10 Å². The van der Waals surface area contributed by atoms with Crippen molar-refractivity contribution in [1.29, 1.82) is 0 Å². The molecule has 1 fully saturated rings. The molecular formula is C22H29N3O8S3. The van der Waals surface area contributed by atoms with Crippen LogP contribution in [0.15, 0.2) is 58.3 Å². The van der Waals surface area contributed by atoms with Crippen molar-refractivity contribution in [3.05, 3.63) is 54.1 Å². The molecule has 0 bridgehead atoms. The number of amides is 1. The van der Waals surface area contributed by atoms with Crippen molar-refractivity contribution in [3.8, 4) is 0 Å². The van der Waals surface area contributed by atoms with Crippen LogP contribution in [0.1, 0.15) is 18.5 Å². The Morgan fingerprint density at radius 2 is 1.44 bits per heavy atom. The van der Waals surface area contributed by atoms with Crippen molar-refractivity contribution in [3.63, 3.8) is 0 Å². The van der Waals surface area contributed by atoms with Gasteiger partial charge in [0.2, 0.25) is 26.0 Å². The summed E-state index contributed by atoms with van der Waals surface area (Å²) >= 11 is 0. The van der Waals surface area contributed by atoms with Crippen molar-refractivity contribution in [2.45, 2.75) is 22.8 Å². The largest absolute Gasteiger partial charge is 0.379 e. The molecule has 0 aromatic heterocycles. The molecule has 0 radical (unpaired) electrons. The standard InChI is InChI=1S/C22H29N3O8S3/c1-17(18-4-8-20(9-5-18)34(2,27)28)23-22(26)16-25(35(3,29)30)19-6-10-21(11-7-19)36(31,32)24-12-14-33-15-13-24/h4-11,17H,12-16H2,1-3H3,(H,23,26). The van der Waals surface area contributed by atoms with E-state index in [4.69, 9.17) is 4.74 Å². The molecule has 11 nitrogen and oxygen atoms in total. The number of hydrogen-bond acceptors (Lipinski definition) is 8. The third-order valence-electron chi connectivity index (χ3n) is 5.61. The van der Waals surface area contributed by atoms with E-state index in [0.29, 0.717) is 18.8 Å². The van der Waals surface area contributed by atoms with Gasteiger partial charge in [0.1, 0.15) is 6.54 Å². The highest BCUT2D eigenvalue weighted by atomic mass is 32.2. The summed E-state index contributed by atoms with van der Waals surface area (Å²) in [5.74, 6) is -0.592. The number of nitrogens with zero attached hydrogens (tertiary/aromatic N) is 2. The molecule has 36 heavy (non-hydrogen) atoms. The molecule has 198 valence electrons. The number of rotatable bonds is 9. The van der Waals surface area contributed by atoms with E-state index in [1.807, 2.05) is 0 Å². The number of carbonyl (C=O) groups excluding carboxylic acids is 1.